The van der Waals surface area contributed by atoms with Gasteiger partial charge in [0.15, 0.2) is 5.76 Å². The first-order valence-electron chi connectivity index (χ1n) is 8.50. The molecule has 134 valence electrons. The van der Waals surface area contributed by atoms with E-state index in [1.165, 1.54) is 0 Å². The Morgan fingerprint density at radius 3 is 2.81 bits per heavy atom. The molecule has 0 unspecified atom stereocenters. The fourth-order valence-electron chi connectivity index (χ4n) is 3.16. The number of aromatic nitrogens is 3. The van der Waals surface area contributed by atoms with Crippen molar-refractivity contribution in [3.63, 3.8) is 0 Å². The fourth-order valence-corrected chi connectivity index (χ4v) is 3.89. The van der Waals surface area contributed by atoms with Crippen LogP contribution in [-0.4, -0.2) is 34.1 Å². The van der Waals surface area contributed by atoms with Crippen LogP contribution in [0.2, 0.25) is 0 Å². The molecule has 3 aromatic heterocycles. The Morgan fingerprint density at radius 2 is 2.19 bits per heavy atom. The highest BCUT2D eigenvalue weighted by Crippen LogP contribution is 2.34. The van der Waals surface area contributed by atoms with Crippen molar-refractivity contribution in [2.45, 2.75) is 19.8 Å². The lowest BCUT2D eigenvalue weighted by Gasteiger charge is -2.30. The number of hydrogen-bond acceptors (Lipinski definition) is 7. The van der Waals surface area contributed by atoms with Gasteiger partial charge in [-0.1, -0.05) is 11.2 Å². The molecule has 4 heterocycles. The van der Waals surface area contributed by atoms with Crippen LogP contribution in [0.4, 0.5) is 5.95 Å². The number of carbonyl (C=O) groups excluding carboxylic acids is 1. The van der Waals surface area contributed by atoms with Crippen LogP contribution in [0.3, 0.4) is 0 Å². The number of carbonyl (C=O) groups is 1. The van der Waals surface area contributed by atoms with Crippen molar-refractivity contribution in [1.82, 2.24) is 15.1 Å². The molecule has 8 heteroatoms. The van der Waals surface area contributed by atoms with E-state index in [2.05, 4.69) is 15.0 Å². The highest BCUT2D eigenvalue weighted by atomic mass is 32.1. The van der Waals surface area contributed by atoms with Crippen LogP contribution in [0.1, 0.15) is 18.5 Å². The molecule has 0 saturated carbocycles. The van der Waals surface area contributed by atoms with Gasteiger partial charge in [0, 0.05) is 31.3 Å². The fraction of sp³-hybridized carbons (Fsp3) is 0.333. The van der Waals surface area contributed by atoms with Crippen molar-refractivity contribution in [3.8, 4) is 21.9 Å². The van der Waals surface area contributed by atoms with E-state index in [0.29, 0.717) is 11.7 Å². The van der Waals surface area contributed by atoms with E-state index in [1.807, 2.05) is 30.5 Å². The number of nitrogens with zero attached hydrogens (tertiary/aromatic N) is 4. The molecule has 0 radical (unpaired) electrons. The van der Waals surface area contributed by atoms with Gasteiger partial charge in [-0.25, -0.2) is 9.97 Å². The van der Waals surface area contributed by atoms with E-state index in [0.717, 1.165) is 47.8 Å². The maximum Gasteiger partial charge on any atom is 0.225 e. The molecule has 1 aliphatic heterocycles. The second-order valence-electron chi connectivity index (χ2n) is 6.41. The molecule has 1 saturated heterocycles. The van der Waals surface area contributed by atoms with Gasteiger partial charge in [-0.15, -0.1) is 11.3 Å². The molecule has 7 nitrogen and oxygen atoms in total. The number of nitrogens with two attached hydrogens (primary N) is 1. The first-order chi connectivity index (χ1) is 12.6. The van der Waals surface area contributed by atoms with Gasteiger partial charge in [-0.05, 0) is 31.2 Å². The topological polar surface area (TPSA) is 98.1 Å². The van der Waals surface area contributed by atoms with Crippen LogP contribution in [0.25, 0.3) is 21.9 Å². The van der Waals surface area contributed by atoms with E-state index in [1.54, 1.807) is 17.5 Å². The molecule has 0 aromatic carbocycles. The van der Waals surface area contributed by atoms with Gasteiger partial charge in [-0.2, -0.15) is 0 Å². The van der Waals surface area contributed by atoms with E-state index in [4.69, 9.17) is 15.2 Å². The van der Waals surface area contributed by atoms with E-state index in [-0.39, 0.29) is 11.8 Å². The standard InChI is InChI=1S/C18H19N5O2S/c1-11-9-14(25-22-11)13-10-20-18(21-16(13)15-3-2-8-26-15)23-6-4-12(5-7-23)17(19)24/h2-3,8-10,12H,4-7H2,1H3,(H2,19,24). The lowest BCUT2D eigenvalue weighted by atomic mass is 9.96. The molecule has 2 N–H and O–H groups in total. The average molecular weight is 369 g/mol. The number of anilines is 1. The maximum absolute atomic E-state index is 11.4. The summed E-state index contributed by atoms with van der Waals surface area (Å²) < 4.78 is 5.42. The quantitative estimate of drug-likeness (QED) is 0.759. The second-order valence-corrected chi connectivity index (χ2v) is 7.35. The van der Waals surface area contributed by atoms with Gasteiger partial charge in [0.25, 0.3) is 0 Å². The van der Waals surface area contributed by atoms with Gasteiger partial charge in [-0.3, -0.25) is 4.79 Å². The van der Waals surface area contributed by atoms with Crippen LogP contribution in [0.5, 0.6) is 0 Å². The predicted molar refractivity (Wildman–Crippen MR) is 99.7 cm³/mol. The van der Waals surface area contributed by atoms with Crippen molar-refractivity contribution < 1.29 is 9.32 Å². The zero-order valence-corrected chi connectivity index (χ0v) is 15.2. The molecule has 4 rings (SSSR count). The molecule has 1 aliphatic rings. The Morgan fingerprint density at radius 1 is 1.38 bits per heavy atom. The van der Waals surface area contributed by atoms with Crippen molar-refractivity contribution >= 4 is 23.2 Å². The SMILES string of the molecule is Cc1cc(-c2cnc(N3CCC(C(N)=O)CC3)nc2-c2cccs2)on1. The van der Waals surface area contributed by atoms with Gasteiger partial charge in [0.1, 0.15) is 0 Å². The van der Waals surface area contributed by atoms with Crippen molar-refractivity contribution in [3.05, 3.63) is 35.5 Å². The molecular weight excluding hydrogens is 350 g/mol. The zero-order chi connectivity index (χ0) is 18.1. The second kappa shape index (κ2) is 6.87. The molecular formula is C18H19N5O2S. The number of aryl methyl sites for hydroxylation is 1. The minimum Gasteiger partial charge on any atom is -0.369 e. The van der Waals surface area contributed by atoms with E-state index >= 15 is 0 Å². The Hall–Kier alpha value is -2.74. The molecule has 26 heavy (non-hydrogen) atoms. The third-order valence-corrected chi connectivity index (χ3v) is 5.48. The average Bonchev–Trinajstić information content (AvgIpc) is 3.33. The van der Waals surface area contributed by atoms with Crippen molar-refractivity contribution in [2.75, 3.05) is 18.0 Å². The maximum atomic E-state index is 11.4. The molecule has 0 spiro atoms. The predicted octanol–water partition coefficient (Wildman–Crippen LogP) is 2.87. The summed E-state index contributed by atoms with van der Waals surface area (Å²) in [6, 6.07) is 5.91. The molecule has 1 amide bonds. The number of piperidine rings is 1. The number of thiophene rings is 1. The van der Waals surface area contributed by atoms with E-state index < -0.39 is 0 Å². The molecule has 0 atom stereocenters. The lowest BCUT2D eigenvalue weighted by Crippen LogP contribution is -2.39. The summed E-state index contributed by atoms with van der Waals surface area (Å²) >= 11 is 1.62. The van der Waals surface area contributed by atoms with Crippen molar-refractivity contribution in [1.29, 1.82) is 0 Å². The van der Waals surface area contributed by atoms with Crippen LogP contribution in [0.15, 0.2) is 34.3 Å². The Labute approximate surface area is 154 Å². The third-order valence-electron chi connectivity index (χ3n) is 4.60. The van der Waals surface area contributed by atoms with Gasteiger partial charge >= 0.3 is 0 Å². The zero-order valence-electron chi connectivity index (χ0n) is 14.4. The van der Waals surface area contributed by atoms with Crippen LogP contribution < -0.4 is 10.6 Å². The Bertz CT molecular complexity index is 914. The largest absolute Gasteiger partial charge is 0.369 e. The smallest absolute Gasteiger partial charge is 0.225 e. The Balaban J connectivity index is 1.68. The van der Waals surface area contributed by atoms with Crippen LogP contribution in [-0.2, 0) is 4.79 Å². The summed E-state index contributed by atoms with van der Waals surface area (Å²) in [5, 5.41) is 5.99. The van der Waals surface area contributed by atoms with Crippen molar-refractivity contribution in [2.24, 2.45) is 11.7 Å². The van der Waals surface area contributed by atoms with Crippen LogP contribution >= 0.6 is 11.3 Å². The van der Waals surface area contributed by atoms with E-state index in [9.17, 15) is 4.79 Å². The number of amides is 1. The summed E-state index contributed by atoms with van der Waals surface area (Å²) in [4.78, 5) is 23.9. The summed E-state index contributed by atoms with van der Waals surface area (Å²) in [5.74, 6) is 1.04. The van der Waals surface area contributed by atoms with Gasteiger partial charge in [0.2, 0.25) is 11.9 Å². The number of hydrogen-bond donors (Lipinski definition) is 1. The summed E-state index contributed by atoms with van der Waals surface area (Å²) in [6.07, 6.45) is 3.25. The normalized spacial score (nSPS) is 15.3. The first kappa shape index (κ1) is 16.7. The first-order valence-corrected chi connectivity index (χ1v) is 9.38. The number of primary amides is 1. The molecule has 0 aliphatic carbocycles. The minimum absolute atomic E-state index is 0.0561. The summed E-state index contributed by atoms with van der Waals surface area (Å²) in [6.45, 7) is 3.33. The summed E-state index contributed by atoms with van der Waals surface area (Å²) in [7, 11) is 0. The highest BCUT2D eigenvalue weighted by molar-refractivity contribution is 7.13. The summed E-state index contributed by atoms with van der Waals surface area (Å²) in [5.41, 5.74) is 7.89. The Kier molecular flexibility index (Phi) is 4.42. The lowest BCUT2D eigenvalue weighted by molar-refractivity contribution is -0.122. The molecule has 3 aromatic rings. The molecule has 0 bridgehead atoms. The number of rotatable bonds is 4. The van der Waals surface area contributed by atoms with Crippen LogP contribution in [0, 0.1) is 12.8 Å². The third kappa shape index (κ3) is 3.20. The monoisotopic (exact) mass is 369 g/mol. The molecule has 1 fully saturated rings. The van der Waals surface area contributed by atoms with Gasteiger partial charge in [0.05, 0.1) is 21.8 Å². The minimum atomic E-state index is -0.221. The highest BCUT2D eigenvalue weighted by Gasteiger charge is 2.25. The van der Waals surface area contributed by atoms with Gasteiger partial charge < -0.3 is 15.2 Å².